The molecule has 0 aliphatic rings. The highest BCUT2D eigenvalue weighted by Gasteiger charge is 2.25. The first-order valence-corrected chi connectivity index (χ1v) is 5.75. The van der Waals surface area contributed by atoms with E-state index in [0.29, 0.717) is 0 Å². The fourth-order valence-corrected chi connectivity index (χ4v) is 1.96. The fraction of sp³-hybridized carbons (Fsp3) is 0.500. The molecule has 0 aliphatic carbocycles. The Labute approximate surface area is 93.3 Å². The van der Waals surface area contributed by atoms with Gasteiger partial charge in [-0.15, -0.1) is 22.9 Å². The number of thiophene rings is 1. The Morgan fingerprint density at radius 1 is 1.64 bits per heavy atom. The lowest BCUT2D eigenvalue weighted by Gasteiger charge is -2.25. The quantitative estimate of drug-likeness (QED) is 0.797. The van der Waals surface area contributed by atoms with E-state index in [-0.39, 0.29) is 11.4 Å². The summed E-state index contributed by atoms with van der Waals surface area (Å²) in [5.41, 5.74) is -0.339. The Morgan fingerprint density at radius 2 is 2.29 bits per heavy atom. The molecular formula is C10H14ClNOS. The lowest BCUT2D eigenvalue weighted by Crippen LogP contribution is -2.43. The second-order valence-electron chi connectivity index (χ2n) is 3.71. The second-order valence-corrected chi connectivity index (χ2v) is 5.31. The Bertz CT molecular complexity index is 306. The van der Waals surface area contributed by atoms with Crippen molar-refractivity contribution in [2.75, 3.05) is 0 Å². The maximum absolute atomic E-state index is 11.4. The van der Waals surface area contributed by atoms with Crippen LogP contribution >= 0.6 is 22.9 Å². The first-order valence-electron chi connectivity index (χ1n) is 4.43. The van der Waals surface area contributed by atoms with Gasteiger partial charge in [0.25, 0.3) is 0 Å². The average Bonchev–Trinajstić information content (AvgIpc) is 2.54. The zero-order valence-electron chi connectivity index (χ0n) is 8.50. The van der Waals surface area contributed by atoms with Crippen LogP contribution in [0.15, 0.2) is 17.5 Å². The molecule has 14 heavy (non-hydrogen) atoms. The molecule has 0 bridgehead atoms. The van der Waals surface area contributed by atoms with Crippen molar-refractivity contribution in [1.82, 2.24) is 5.32 Å². The Kier molecular flexibility index (Phi) is 3.56. The van der Waals surface area contributed by atoms with E-state index in [2.05, 4.69) is 5.32 Å². The first-order chi connectivity index (χ1) is 6.43. The molecule has 0 aromatic carbocycles. The molecule has 78 valence electrons. The van der Waals surface area contributed by atoms with Crippen molar-refractivity contribution in [3.8, 4) is 0 Å². The highest BCUT2D eigenvalue weighted by Crippen LogP contribution is 2.24. The third-order valence-electron chi connectivity index (χ3n) is 1.93. The smallest absolute Gasteiger partial charge is 0.238 e. The summed E-state index contributed by atoms with van der Waals surface area (Å²) in [5, 5.41) is 4.40. The summed E-state index contributed by atoms with van der Waals surface area (Å²) in [7, 11) is 0. The molecule has 1 aromatic rings. The van der Waals surface area contributed by atoms with Crippen LogP contribution in [0.1, 0.15) is 25.6 Å². The minimum Gasteiger partial charge on any atom is -0.345 e. The molecule has 1 heterocycles. The van der Waals surface area contributed by atoms with Crippen molar-refractivity contribution >= 4 is 28.8 Å². The van der Waals surface area contributed by atoms with Gasteiger partial charge in [0.1, 0.15) is 5.38 Å². The van der Waals surface area contributed by atoms with E-state index in [0.717, 1.165) is 4.88 Å². The second kappa shape index (κ2) is 4.32. The Morgan fingerprint density at radius 3 is 2.71 bits per heavy atom. The van der Waals surface area contributed by atoms with Gasteiger partial charge in [-0.25, -0.2) is 0 Å². The molecule has 0 saturated carbocycles. The number of carbonyl (C=O) groups excluding carboxylic acids is 1. The largest absolute Gasteiger partial charge is 0.345 e. The van der Waals surface area contributed by atoms with Gasteiger partial charge in [-0.05, 0) is 32.2 Å². The standard InChI is InChI=1S/C10H14ClNOS/c1-7(11)9(13)12-10(2,3)8-5-4-6-14-8/h4-7H,1-3H3,(H,12,13). The third-order valence-corrected chi connectivity index (χ3v) is 3.33. The molecule has 1 rings (SSSR count). The molecule has 0 fully saturated rings. The SMILES string of the molecule is CC(Cl)C(=O)NC(C)(C)c1cccs1. The van der Waals surface area contributed by atoms with Gasteiger partial charge in [0, 0.05) is 4.88 Å². The molecule has 2 nitrogen and oxygen atoms in total. The number of alkyl halides is 1. The number of carbonyl (C=O) groups is 1. The van der Waals surface area contributed by atoms with Gasteiger partial charge in [0.05, 0.1) is 5.54 Å². The lowest BCUT2D eigenvalue weighted by molar-refractivity contribution is -0.122. The molecule has 0 radical (unpaired) electrons. The normalized spacial score (nSPS) is 13.7. The van der Waals surface area contributed by atoms with Gasteiger partial charge >= 0.3 is 0 Å². The van der Waals surface area contributed by atoms with Gasteiger partial charge in [0.2, 0.25) is 5.91 Å². The van der Waals surface area contributed by atoms with Crippen molar-refractivity contribution in [1.29, 1.82) is 0 Å². The molecule has 0 aliphatic heterocycles. The summed E-state index contributed by atoms with van der Waals surface area (Å²) in [5.74, 6) is -0.134. The number of amides is 1. The van der Waals surface area contributed by atoms with Crippen molar-refractivity contribution in [3.05, 3.63) is 22.4 Å². The van der Waals surface area contributed by atoms with Crippen LogP contribution in [-0.4, -0.2) is 11.3 Å². The van der Waals surface area contributed by atoms with Crippen molar-refractivity contribution in [2.45, 2.75) is 31.7 Å². The van der Waals surface area contributed by atoms with Gasteiger partial charge in [-0.3, -0.25) is 4.79 Å². The predicted molar refractivity (Wildman–Crippen MR) is 60.8 cm³/mol. The summed E-state index contributed by atoms with van der Waals surface area (Å²) in [4.78, 5) is 12.5. The Balaban J connectivity index is 2.72. The lowest BCUT2D eigenvalue weighted by atomic mass is 10.0. The number of rotatable bonds is 3. The van der Waals surface area contributed by atoms with E-state index in [4.69, 9.17) is 11.6 Å². The van der Waals surface area contributed by atoms with E-state index in [1.165, 1.54) is 0 Å². The van der Waals surface area contributed by atoms with Crippen LogP contribution in [0.3, 0.4) is 0 Å². The molecule has 0 spiro atoms. The third kappa shape index (κ3) is 2.72. The van der Waals surface area contributed by atoms with E-state index < -0.39 is 5.38 Å². The molecule has 1 unspecified atom stereocenters. The van der Waals surface area contributed by atoms with E-state index >= 15 is 0 Å². The summed E-state index contributed by atoms with van der Waals surface area (Å²) < 4.78 is 0. The van der Waals surface area contributed by atoms with Gasteiger partial charge in [-0.1, -0.05) is 6.07 Å². The van der Waals surface area contributed by atoms with Crippen LogP contribution in [0.5, 0.6) is 0 Å². The zero-order valence-corrected chi connectivity index (χ0v) is 10.1. The van der Waals surface area contributed by atoms with Gasteiger partial charge < -0.3 is 5.32 Å². The molecule has 1 N–H and O–H groups in total. The van der Waals surface area contributed by atoms with Crippen molar-refractivity contribution in [3.63, 3.8) is 0 Å². The van der Waals surface area contributed by atoms with Crippen molar-refractivity contribution < 1.29 is 4.79 Å². The molecule has 1 atom stereocenters. The fourth-order valence-electron chi connectivity index (χ4n) is 1.10. The van der Waals surface area contributed by atoms with Crippen LogP contribution in [0, 0.1) is 0 Å². The topological polar surface area (TPSA) is 29.1 Å². The Hall–Kier alpha value is -0.540. The molecular weight excluding hydrogens is 218 g/mol. The predicted octanol–water partition coefficient (Wildman–Crippen LogP) is 2.73. The van der Waals surface area contributed by atoms with Crippen LogP contribution in [0.4, 0.5) is 0 Å². The minimum absolute atomic E-state index is 0.134. The van der Waals surface area contributed by atoms with E-state index in [9.17, 15) is 4.79 Å². The maximum Gasteiger partial charge on any atom is 0.238 e. The van der Waals surface area contributed by atoms with E-state index in [1.54, 1.807) is 18.3 Å². The van der Waals surface area contributed by atoms with Crippen LogP contribution in [0.2, 0.25) is 0 Å². The number of halogens is 1. The minimum atomic E-state index is -0.491. The average molecular weight is 232 g/mol. The van der Waals surface area contributed by atoms with Crippen LogP contribution in [0.25, 0.3) is 0 Å². The van der Waals surface area contributed by atoms with E-state index in [1.807, 2.05) is 31.4 Å². The maximum atomic E-state index is 11.4. The van der Waals surface area contributed by atoms with Gasteiger partial charge in [-0.2, -0.15) is 0 Å². The first kappa shape index (κ1) is 11.5. The molecule has 1 aromatic heterocycles. The summed E-state index contributed by atoms with van der Waals surface area (Å²) in [6.45, 7) is 5.60. The highest BCUT2D eigenvalue weighted by atomic mass is 35.5. The number of nitrogens with one attached hydrogen (secondary N) is 1. The molecule has 1 amide bonds. The summed E-state index contributed by atoms with van der Waals surface area (Å²) >= 11 is 7.31. The van der Waals surface area contributed by atoms with Gasteiger partial charge in [0.15, 0.2) is 0 Å². The van der Waals surface area contributed by atoms with Crippen molar-refractivity contribution in [2.24, 2.45) is 0 Å². The zero-order chi connectivity index (χ0) is 10.8. The number of hydrogen-bond donors (Lipinski definition) is 1. The summed E-state index contributed by atoms with van der Waals surface area (Å²) in [6.07, 6.45) is 0. The van der Waals surface area contributed by atoms with Crippen LogP contribution in [-0.2, 0) is 10.3 Å². The highest BCUT2D eigenvalue weighted by molar-refractivity contribution is 7.10. The number of hydrogen-bond acceptors (Lipinski definition) is 2. The monoisotopic (exact) mass is 231 g/mol. The molecule has 0 saturated heterocycles. The molecule has 4 heteroatoms. The summed E-state index contributed by atoms with van der Waals surface area (Å²) in [6, 6.07) is 3.97. The van der Waals surface area contributed by atoms with Crippen LogP contribution < -0.4 is 5.32 Å².